The van der Waals surface area contributed by atoms with Crippen molar-refractivity contribution >= 4 is 11.8 Å². The summed E-state index contributed by atoms with van der Waals surface area (Å²) in [6.07, 6.45) is 9.92. The molecule has 28 heavy (non-hydrogen) atoms. The molecule has 0 amide bonds. The van der Waals surface area contributed by atoms with Crippen molar-refractivity contribution in [3.05, 3.63) is 0 Å². The summed E-state index contributed by atoms with van der Waals surface area (Å²) in [6, 6.07) is 0.352. The summed E-state index contributed by atoms with van der Waals surface area (Å²) in [4.78, 5) is 24.7. The summed E-state index contributed by atoms with van der Waals surface area (Å²) in [5.41, 5.74) is 6.36. The van der Waals surface area contributed by atoms with Crippen molar-refractivity contribution in [1.82, 2.24) is 0 Å². The molecule has 4 rings (SSSR count). The molecule has 0 radical (unpaired) electrons. The first kappa shape index (κ1) is 20.4. The Bertz CT molecular complexity index is 648. The Morgan fingerprint density at radius 2 is 1.93 bits per heavy atom. The Morgan fingerprint density at radius 3 is 2.64 bits per heavy atom. The molecule has 0 heterocycles. The minimum absolute atomic E-state index is 0.221. The van der Waals surface area contributed by atoms with Crippen LogP contribution >= 0.6 is 0 Å². The van der Waals surface area contributed by atoms with Crippen molar-refractivity contribution < 1.29 is 14.7 Å². The van der Waals surface area contributed by atoms with E-state index >= 15 is 0 Å². The molecule has 0 aromatic heterocycles. The fraction of sp³-hybridized carbons (Fsp3) is 0.917. The number of hydrogen-bond donors (Lipinski definition) is 2. The molecule has 4 aliphatic carbocycles. The molecular weight excluding hydrogens is 350 g/mol. The highest BCUT2D eigenvalue weighted by Crippen LogP contribution is 2.67. The van der Waals surface area contributed by atoms with Crippen LogP contribution in [0.2, 0.25) is 0 Å². The zero-order chi connectivity index (χ0) is 20.3. The van der Waals surface area contributed by atoms with Crippen molar-refractivity contribution in [2.75, 3.05) is 0 Å². The molecule has 0 spiro atoms. The highest BCUT2D eigenvalue weighted by molar-refractivity contribution is 5.87. The molecule has 4 nitrogen and oxygen atoms in total. The van der Waals surface area contributed by atoms with E-state index in [0.29, 0.717) is 59.2 Å². The van der Waals surface area contributed by atoms with Crippen LogP contribution in [0.25, 0.3) is 0 Å². The zero-order valence-corrected chi connectivity index (χ0v) is 18.0. The van der Waals surface area contributed by atoms with E-state index in [0.717, 1.165) is 32.1 Å². The lowest BCUT2D eigenvalue weighted by atomic mass is 9.44. The van der Waals surface area contributed by atoms with Gasteiger partial charge in [0.05, 0.1) is 0 Å². The van der Waals surface area contributed by atoms with Crippen molar-refractivity contribution in [2.24, 2.45) is 52.1 Å². The van der Waals surface area contributed by atoms with Crippen LogP contribution in [-0.2, 0) is 9.59 Å². The quantitative estimate of drug-likeness (QED) is 0.733. The monoisotopic (exact) mass is 389 g/mol. The number of nitrogens with two attached hydrogens (primary N) is 1. The number of Topliss-reactive ketones (excluding diaryl/α,β-unsaturated/α-hetero) is 1. The Morgan fingerprint density at radius 1 is 1.18 bits per heavy atom. The molecule has 158 valence electrons. The van der Waals surface area contributed by atoms with Crippen LogP contribution in [0.3, 0.4) is 0 Å². The topological polar surface area (TPSA) is 80.4 Å². The third-order valence-electron chi connectivity index (χ3n) is 10.1. The molecular formula is C24H39NO3. The number of carboxylic acids is 1. The fourth-order valence-corrected chi connectivity index (χ4v) is 8.49. The Hall–Kier alpha value is -0.900. The first-order valence-corrected chi connectivity index (χ1v) is 11.7. The van der Waals surface area contributed by atoms with Crippen LogP contribution in [-0.4, -0.2) is 22.9 Å². The number of ketones is 1. The van der Waals surface area contributed by atoms with Gasteiger partial charge in [0.2, 0.25) is 0 Å². The van der Waals surface area contributed by atoms with Gasteiger partial charge in [-0.25, -0.2) is 0 Å². The fourth-order valence-electron chi connectivity index (χ4n) is 8.49. The van der Waals surface area contributed by atoms with Crippen molar-refractivity contribution in [3.63, 3.8) is 0 Å². The van der Waals surface area contributed by atoms with Gasteiger partial charge in [0.1, 0.15) is 5.78 Å². The molecule has 1 unspecified atom stereocenters. The normalized spacial score (nSPS) is 49.1. The summed E-state index contributed by atoms with van der Waals surface area (Å²) in [7, 11) is 0. The van der Waals surface area contributed by atoms with Gasteiger partial charge in [0, 0.05) is 24.3 Å². The molecule has 0 aliphatic heterocycles. The van der Waals surface area contributed by atoms with Crippen LogP contribution in [0, 0.1) is 46.3 Å². The molecule has 4 aliphatic rings. The van der Waals surface area contributed by atoms with Crippen LogP contribution in [0.15, 0.2) is 0 Å². The summed E-state index contributed by atoms with van der Waals surface area (Å²) < 4.78 is 0. The van der Waals surface area contributed by atoms with Gasteiger partial charge in [-0.1, -0.05) is 20.8 Å². The molecule has 0 aromatic carbocycles. The number of carboxylic acid groups (broad SMARTS) is 1. The SMILES string of the molecule is C[C@H](CCC(=O)O)[C@H]1CC[C@H]2[C@@H]3CC[C@@H]4CC(N)CC[C@]4(C)[C@H]3CC(=O)[C@]12C. The van der Waals surface area contributed by atoms with Gasteiger partial charge in [-0.3, -0.25) is 9.59 Å². The lowest BCUT2D eigenvalue weighted by Crippen LogP contribution is -2.57. The predicted molar refractivity (Wildman–Crippen MR) is 110 cm³/mol. The second-order valence-electron chi connectivity index (χ2n) is 11.2. The Labute approximate surface area is 170 Å². The van der Waals surface area contributed by atoms with Gasteiger partial charge < -0.3 is 10.8 Å². The second-order valence-corrected chi connectivity index (χ2v) is 11.2. The molecule has 4 saturated carbocycles. The molecule has 4 fully saturated rings. The summed E-state index contributed by atoms with van der Waals surface area (Å²) in [5.74, 6) is 2.85. The molecule has 9 atom stereocenters. The number of aliphatic carboxylic acids is 1. The standard InChI is InChI=1S/C24H39NO3/c1-14(4-9-22(27)28)18-7-8-19-17-6-5-15-12-16(25)10-11-23(15,2)20(17)13-21(26)24(18,19)3/h14-20H,4-13,25H2,1-3H3,(H,27,28)/t14-,15-,16?,17+,18-,19+,20+,23+,24-/m1/s1. The van der Waals surface area contributed by atoms with E-state index in [1.165, 1.54) is 19.3 Å². The van der Waals surface area contributed by atoms with E-state index in [1.807, 2.05) is 0 Å². The Kier molecular flexibility index (Phi) is 5.17. The van der Waals surface area contributed by atoms with Gasteiger partial charge in [0.25, 0.3) is 0 Å². The number of carbonyl (C=O) groups is 2. The zero-order valence-electron chi connectivity index (χ0n) is 18.0. The maximum Gasteiger partial charge on any atom is 0.303 e. The maximum absolute atomic E-state index is 13.6. The highest BCUT2D eigenvalue weighted by atomic mass is 16.4. The molecule has 0 bridgehead atoms. The third kappa shape index (κ3) is 2.97. The van der Waals surface area contributed by atoms with Gasteiger partial charge in [-0.2, -0.15) is 0 Å². The average Bonchev–Trinajstić information content (AvgIpc) is 3.00. The van der Waals surface area contributed by atoms with Crippen molar-refractivity contribution in [2.45, 2.75) is 91.0 Å². The smallest absolute Gasteiger partial charge is 0.303 e. The van der Waals surface area contributed by atoms with Crippen LogP contribution < -0.4 is 5.73 Å². The minimum atomic E-state index is -0.719. The van der Waals surface area contributed by atoms with Crippen LogP contribution in [0.1, 0.15) is 85.0 Å². The number of rotatable bonds is 4. The van der Waals surface area contributed by atoms with Crippen LogP contribution in [0.4, 0.5) is 0 Å². The number of carbonyl (C=O) groups excluding carboxylic acids is 1. The summed E-state index contributed by atoms with van der Waals surface area (Å²) in [6.45, 7) is 6.90. The largest absolute Gasteiger partial charge is 0.481 e. The Balaban J connectivity index is 1.57. The lowest BCUT2D eigenvalue weighted by Gasteiger charge is -2.60. The van der Waals surface area contributed by atoms with Gasteiger partial charge >= 0.3 is 5.97 Å². The van der Waals surface area contributed by atoms with Gasteiger partial charge in [0.15, 0.2) is 0 Å². The van der Waals surface area contributed by atoms with E-state index in [4.69, 9.17) is 10.8 Å². The van der Waals surface area contributed by atoms with Crippen LogP contribution in [0.5, 0.6) is 0 Å². The number of fused-ring (bicyclic) bond motifs is 5. The van der Waals surface area contributed by atoms with Gasteiger partial charge in [-0.05, 0) is 92.3 Å². The third-order valence-corrected chi connectivity index (χ3v) is 10.1. The maximum atomic E-state index is 13.6. The second kappa shape index (κ2) is 7.11. The van der Waals surface area contributed by atoms with E-state index in [9.17, 15) is 9.59 Å². The summed E-state index contributed by atoms with van der Waals surface area (Å²) >= 11 is 0. The van der Waals surface area contributed by atoms with E-state index < -0.39 is 5.97 Å². The van der Waals surface area contributed by atoms with E-state index in [1.54, 1.807) is 0 Å². The highest BCUT2D eigenvalue weighted by Gasteiger charge is 2.63. The minimum Gasteiger partial charge on any atom is -0.481 e. The summed E-state index contributed by atoms with van der Waals surface area (Å²) in [5, 5.41) is 9.09. The molecule has 3 N–H and O–H groups in total. The first-order valence-electron chi connectivity index (χ1n) is 11.7. The first-order chi connectivity index (χ1) is 13.2. The van der Waals surface area contributed by atoms with Gasteiger partial charge in [-0.15, -0.1) is 0 Å². The van der Waals surface area contributed by atoms with E-state index in [2.05, 4.69) is 20.8 Å². The average molecular weight is 390 g/mol. The van der Waals surface area contributed by atoms with Crippen molar-refractivity contribution in [3.8, 4) is 0 Å². The van der Waals surface area contributed by atoms with Crippen molar-refractivity contribution in [1.29, 1.82) is 0 Å². The van der Waals surface area contributed by atoms with E-state index in [-0.39, 0.29) is 11.8 Å². The lowest BCUT2D eigenvalue weighted by molar-refractivity contribution is -0.158. The predicted octanol–water partition coefficient (Wildman–Crippen LogP) is 4.65. The number of hydrogen-bond acceptors (Lipinski definition) is 3. The molecule has 0 aromatic rings. The molecule has 4 heteroatoms. The molecule has 0 saturated heterocycles.